The van der Waals surface area contributed by atoms with Gasteiger partial charge in [-0.05, 0) is 70.1 Å². The zero-order valence-corrected chi connectivity index (χ0v) is 35.8. The number of hydrogen-bond donors (Lipinski definition) is 5. The standard InChI is InChI=1S/C45H74O11/c1-12-34-17-15-13-14-16-27(4)42(51)44(11,53)43(52)32(9)40(50)31(8)39(49)30(7)38(48)26(3)18-21-37(47)54-41-29(6)35(20-19-34)55-45(33(41)10)23-22-25(2)36(56-45)24-28(5)46/h13-15,17-18,21,25-36,38,40-42,46,48,50-51,53H,12,16,19-20,22-24H2,1-11H3/b14-13-,17-15-,21-18-/t25-,26-,27+,28+,29+,30-,31-,32-,33-,34-,35-,36-,38+,40+,41+,42-,44+,45-/m1/s1. The van der Waals surface area contributed by atoms with Crippen molar-refractivity contribution in [1.82, 2.24) is 0 Å². The first-order chi connectivity index (χ1) is 26.1. The van der Waals surface area contributed by atoms with Gasteiger partial charge in [0.2, 0.25) is 0 Å². The number of allylic oxidation sites excluding steroid dienone is 4. The summed E-state index contributed by atoms with van der Waals surface area (Å²) in [7, 11) is 0. The zero-order chi connectivity index (χ0) is 42.3. The minimum Gasteiger partial charge on any atom is -0.458 e. The van der Waals surface area contributed by atoms with E-state index in [1.807, 2.05) is 32.1 Å². The van der Waals surface area contributed by atoms with Crippen LogP contribution in [0.4, 0.5) is 0 Å². The molecule has 1 spiro atoms. The van der Waals surface area contributed by atoms with Crippen molar-refractivity contribution in [2.75, 3.05) is 0 Å². The summed E-state index contributed by atoms with van der Waals surface area (Å²) in [6.07, 6.45) is 9.62. The van der Waals surface area contributed by atoms with E-state index < -0.39 is 89.0 Å². The van der Waals surface area contributed by atoms with E-state index in [9.17, 15) is 39.9 Å². The third kappa shape index (κ3) is 11.5. The van der Waals surface area contributed by atoms with Crippen molar-refractivity contribution >= 4 is 17.5 Å². The van der Waals surface area contributed by atoms with Crippen LogP contribution in [-0.4, -0.2) is 97.2 Å². The number of esters is 1. The van der Waals surface area contributed by atoms with Crippen LogP contribution in [0.1, 0.15) is 121 Å². The molecule has 3 heterocycles. The Labute approximate surface area is 336 Å². The first-order valence-corrected chi connectivity index (χ1v) is 21.2. The maximum Gasteiger partial charge on any atom is 0.330 e. The van der Waals surface area contributed by atoms with Gasteiger partial charge in [-0.2, -0.15) is 0 Å². The van der Waals surface area contributed by atoms with Crippen LogP contribution in [-0.2, 0) is 28.6 Å². The van der Waals surface area contributed by atoms with E-state index in [0.29, 0.717) is 25.7 Å². The molecule has 2 bridgehead atoms. The zero-order valence-electron chi connectivity index (χ0n) is 35.8. The number of ketones is 2. The number of fused-ring (bicyclic) bond motifs is 2. The molecule has 56 heavy (non-hydrogen) atoms. The summed E-state index contributed by atoms with van der Waals surface area (Å²) in [6.45, 7) is 19.1. The van der Waals surface area contributed by atoms with Crippen molar-refractivity contribution in [3.05, 3.63) is 36.5 Å². The lowest BCUT2D eigenvalue weighted by Crippen LogP contribution is -2.62. The van der Waals surface area contributed by atoms with E-state index in [0.717, 1.165) is 19.3 Å². The van der Waals surface area contributed by atoms with Crippen LogP contribution in [0, 0.1) is 53.3 Å². The predicted molar refractivity (Wildman–Crippen MR) is 215 cm³/mol. The molecule has 3 aliphatic rings. The fourth-order valence-corrected chi connectivity index (χ4v) is 9.01. The summed E-state index contributed by atoms with van der Waals surface area (Å²) in [4.78, 5) is 40.5. The minimum atomic E-state index is -2.18. The first kappa shape index (κ1) is 48.1. The van der Waals surface area contributed by atoms with E-state index in [4.69, 9.17) is 14.2 Å². The molecule has 3 rings (SSSR count). The van der Waals surface area contributed by atoms with Gasteiger partial charge < -0.3 is 39.7 Å². The van der Waals surface area contributed by atoms with E-state index in [-0.39, 0.29) is 35.9 Å². The van der Waals surface area contributed by atoms with Crippen molar-refractivity contribution in [2.45, 2.75) is 175 Å². The maximum atomic E-state index is 13.5. The second-order valence-corrected chi connectivity index (χ2v) is 18.0. The quantitative estimate of drug-likeness (QED) is 0.216. The van der Waals surface area contributed by atoms with Gasteiger partial charge in [-0.15, -0.1) is 0 Å². The van der Waals surface area contributed by atoms with Gasteiger partial charge in [0, 0.05) is 48.0 Å². The Bertz CT molecular complexity index is 1390. The lowest BCUT2D eigenvalue weighted by atomic mass is 9.74. The molecule has 2 saturated heterocycles. The van der Waals surface area contributed by atoms with Crippen molar-refractivity contribution in [3.63, 3.8) is 0 Å². The summed E-state index contributed by atoms with van der Waals surface area (Å²) < 4.78 is 20.0. The van der Waals surface area contributed by atoms with Gasteiger partial charge >= 0.3 is 5.97 Å². The molecule has 0 unspecified atom stereocenters. The Balaban J connectivity index is 1.99. The molecule has 0 saturated carbocycles. The average Bonchev–Trinajstić information content (AvgIpc) is 3.16. The molecule has 0 aromatic carbocycles. The van der Waals surface area contributed by atoms with Crippen molar-refractivity contribution < 1.29 is 54.1 Å². The van der Waals surface area contributed by atoms with Gasteiger partial charge in [-0.25, -0.2) is 4.79 Å². The highest BCUT2D eigenvalue weighted by Crippen LogP contribution is 2.49. The highest BCUT2D eigenvalue weighted by atomic mass is 16.7. The Morgan fingerprint density at radius 1 is 0.839 bits per heavy atom. The second kappa shape index (κ2) is 20.6. The molecule has 0 aromatic rings. The number of aliphatic hydroxyl groups excluding tert-OH is 4. The number of ether oxygens (including phenoxy) is 3. The molecule has 320 valence electrons. The number of aliphatic hydroxyl groups is 5. The Morgan fingerprint density at radius 3 is 2.11 bits per heavy atom. The molecule has 0 radical (unpaired) electrons. The third-order valence-corrected chi connectivity index (χ3v) is 13.4. The predicted octanol–water partition coefficient (Wildman–Crippen LogP) is 5.88. The lowest BCUT2D eigenvalue weighted by molar-refractivity contribution is -0.371. The number of rotatable bonds is 3. The average molecular weight is 791 g/mol. The van der Waals surface area contributed by atoms with E-state index in [1.54, 1.807) is 20.8 Å². The Hall–Kier alpha value is -2.25. The molecule has 18 atom stereocenters. The SMILES string of the molecule is CC[C@@H]1/C=C\C=C/C[C@H](C)[C@@H](O)[C@](C)(O)C(=O)[C@H](C)[C@@H](O)[C@H](C)C(=O)[C@H](C)[C@@H](O)[C@H](C)/C=C\C(=O)O[C@H]2[C@@H](C)[C@@H](CC1)O[C@@]1(CC[C@@H](C)[C@@H](C[C@H](C)O)O1)[C@@H]2C. The summed E-state index contributed by atoms with van der Waals surface area (Å²) >= 11 is 0. The van der Waals surface area contributed by atoms with E-state index in [1.165, 1.54) is 39.8 Å². The van der Waals surface area contributed by atoms with Crippen LogP contribution in [0.15, 0.2) is 36.5 Å². The van der Waals surface area contributed by atoms with Crippen molar-refractivity contribution in [3.8, 4) is 0 Å². The molecule has 0 amide bonds. The normalized spacial score (nSPS) is 46.8. The summed E-state index contributed by atoms with van der Waals surface area (Å²) in [5.41, 5.74) is -2.18. The molecule has 5 N–H and O–H groups in total. The number of Topliss-reactive ketones (excluding diaryl/α,β-unsaturated/α-hetero) is 2. The molecule has 11 nitrogen and oxygen atoms in total. The van der Waals surface area contributed by atoms with Crippen LogP contribution in [0.5, 0.6) is 0 Å². The summed E-state index contributed by atoms with van der Waals surface area (Å²) in [6, 6.07) is 0. The van der Waals surface area contributed by atoms with Crippen molar-refractivity contribution in [1.29, 1.82) is 0 Å². The topological polar surface area (TPSA) is 180 Å². The first-order valence-electron chi connectivity index (χ1n) is 21.2. The van der Waals surface area contributed by atoms with E-state index >= 15 is 0 Å². The second-order valence-electron chi connectivity index (χ2n) is 18.0. The van der Waals surface area contributed by atoms with E-state index in [2.05, 4.69) is 19.9 Å². The van der Waals surface area contributed by atoms with Crippen LogP contribution in [0.25, 0.3) is 0 Å². The van der Waals surface area contributed by atoms with Crippen molar-refractivity contribution in [2.24, 2.45) is 53.3 Å². The van der Waals surface area contributed by atoms with Gasteiger partial charge in [0.05, 0.1) is 36.6 Å². The molecular weight excluding hydrogens is 716 g/mol. The van der Waals surface area contributed by atoms with Gasteiger partial charge in [0.15, 0.2) is 11.6 Å². The summed E-state index contributed by atoms with van der Waals surface area (Å²) in [5.74, 6) is -7.28. The Kier molecular flexibility index (Phi) is 17.7. The molecule has 11 heteroatoms. The van der Waals surface area contributed by atoms with Crippen LogP contribution >= 0.6 is 0 Å². The van der Waals surface area contributed by atoms with Crippen LogP contribution in [0.3, 0.4) is 0 Å². The van der Waals surface area contributed by atoms with Crippen LogP contribution in [0.2, 0.25) is 0 Å². The number of hydrogen-bond acceptors (Lipinski definition) is 11. The minimum absolute atomic E-state index is 0.168. The van der Waals surface area contributed by atoms with Gasteiger partial charge in [0.25, 0.3) is 0 Å². The highest BCUT2D eigenvalue weighted by molar-refractivity contribution is 5.91. The summed E-state index contributed by atoms with van der Waals surface area (Å²) in [5, 5.41) is 55.0. The monoisotopic (exact) mass is 791 g/mol. The fourth-order valence-electron chi connectivity index (χ4n) is 9.01. The maximum absolute atomic E-state index is 13.5. The number of carbonyl (C=O) groups excluding carboxylic acids is 3. The largest absolute Gasteiger partial charge is 0.458 e. The molecule has 0 aliphatic carbocycles. The fraction of sp³-hybridized carbons (Fsp3) is 0.800. The highest BCUT2D eigenvalue weighted by Gasteiger charge is 2.56. The Morgan fingerprint density at radius 2 is 1.48 bits per heavy atom. The molecule has 3 aliphatic heterocycles. The molecule has 0 aromatic heterocycles. The van der Waals surface area contributed by atoms with Gasteiger partial charge in [-0.1, -0.05) is 92.7 Å². The van der Waals surface area contributed by atoms with Gasteiger partial charge in [-0.3, -0.25) is 9.59 Å². The number of carbonyl (C=O) groups is 3. The molecular formula is C45H74O11. The smallest absolute Gasteiger partial charge is 0.330 e. The lowest BCUT2D eigenvalue weighted by Gasteiger charge is -2.55. The van der Waals surface area contributed by atoms with Gasteiger partial charge in [0.1, 0.15) is 17.5 Å². The van der Waals surface area contributed by atoms with Crippen LogP contribution < -0.4 is 0 Å². The third-order valence-electron chi connectivity index (χ3n) is 13.4. The molecule has 2 fully saturated rings.